The van der Waals surface area contributed by atoms with Crippen LogP contribution in [-0.4, -0.2) is 30.3 Å². The maximum atomic E-state index is 4.84. The molecule has 13 aromatic rings. The summed E-state index contributed by atoms with van der Waals surface area (Å²) in [6.07, 6.45) is 11.3. The molecule has 8 aromatic carbocycles. The fraction of sp³-hybridized carbons (Fsp3) is 0.143. The summed E-state index contributed by atoms with van der Waals surface area (Å²) in [7, 11) is 0. The third kappa shape index (κ3) is 6.79. The first-order valence-corrected chi connectivity index (χ1v) is 26.8. The van der Waals surface area contributed by atoms with Crippen molar-refractivity contribution in [3.8, 4) is 33.6 Å². The number of benzene rings is 8. The number of para-hydroxylation sites is 3. The Hall–Kier alpha value is -9.00. The van der Waals surface area contributed by atoms with E-state index in [1.807, 2.05) is 62.1 Å². The van der Waals surface area contributed by atoms with Crippen molar-refractivity contribution in [2.45, 2.75) is 65.2 Å². The molecular formula is C70H56N6. The molecule has 0 saturated heterocycles. The van der Waals surface area contributed by atoms with Crippen molar-refractivity contribution in [3.63, 3.8) is 0 Å². The highest BCUT2D eigenvalue weighted by Crippen LogP contribution is 2.61. The van der Waals surface area contributed by atoms with Gasteiger partial charge >= 0.3 is 0 Å². The summed E-state index contributed by atoms with van der Waals surface area (Å²) in [6.45, 7) is 14.0. The van der Waals surface area contributed by atoms with Crippen LogP contribution in [0.15, 0.2) is 206 Å². The van der Waals surface area contributed by atoms with Crippen LogP contribution in [-0.2, 0) is 0 Å². The average molecular weight is 981 g/mol. The van der Waals surface area contributed by atoms with E-state index < -0.39 is 0 Å². The average Bonchev–Trinajstić information content (AvgIpc) is 4.15. The second-order valence-corrected chi connectivity index (χ2v) is 21.1. The first-order valence-electron chi connectivity index (χ1n) is 26.8. The quantitative estimate of drug-likeness (QED) is 0.128. The minimum absolute atomic E-state index is 0.253. The lowest BCUT2D eigenvalue weighted by Crippen LogP contribution is -2.24. The second-order valence-electron chi connectivity index (χ2n) is 21.1. The Bertz CT molecular complexity index is 4560. The monoisotopic (exact) mass is 980 g/mol. The SMILES string of the molecule is C/C=C\C=Nc1ccc(-c2ccc3c(c2)c2cc4c5c(c2n3-c2ccccc2)C(C)C(C)c2c-5c(cc3c5ccccc5n(-c5ccccc5)c23)C(C)C4C)c2cccnc12.Cc1cc2cccnc2c2ncccc12. The van der Waals surface area contributed by atoms with Crippen LogP contribution in [0.5, 0.6) is 0 Å². The zero-order valence-corrected chi connectivity index (χ0v) is 43.6. The maximum absolute atomic E-state index is 4.84. The topological polar surface area (TPSA) is 60.9 Å². The van der Waals surface area contributed by atoms with Gasteiger partial charge in [0.15, 0.2) is 0 Å². The number of nitrogens with zero attached hydrogens (tertiary/aromatic N) is 6. The van der Waals surface area contributed by atoms with Gasteiger partial charge in [0, 0.05) is 73.9 Å². The fourth-order valence-electron chi connectivity index (χ4n) is 13.1. The highest BCUT2D eigenvalue weighted by atomic mass is 15.0. The van der Waals surface area contributed by atoms with Crippen LogP contribution >= 0.6 is 0 Å². The molecule has 76 heavy (non-hydrogen) atoms. The number of aliphatic imine (C=N–C) groups is 1. The van der Waals surface area contributed by atoms with E-state index in [0.29, 0.717) is 11.8 Å². The Morgan fingerprint density at radius 1 is 0.461 bits per heavy atom. The summed E-state index contributed by atoms with van der Waals surface area (Å²) >= 11 is 0. The predicted molar refractivity (Wildman–Crippen MR) is 320 cm³/mol. The minimum Gasteiger partial charge on any atom is -0.309 e. The Morgan fingerprint density at radius 2 is 1.01 bits per heavy atom. The van der Waals surface area contributed by atoms with Crippen LogP contribution in [0.2, 0.25) is 0 Å². The lowest BCUT2D eigenvalue weighted by atomic mass is 9.62. The molecule has 4 unspecified atom stereocenters. The summed E-state index contributed by atoms with van der Waals surface area (Å²) in [6, 6.07) is 62.1. The van der Waals surface area contributed by atoms with Gasteiger partial charge < -0.3 is 9.13 Å². The molecule has 6 nitrogen and oxygen atoms in total. The number of pyridine rings is 3. The van der Waals surface area contributed by atoms with Crippen LogP contribution in [0.4, 0.5) is 5.69 Å². The molecule has 4 atom stereocenters. The Balaban J connectivity index is 0.000000301. The van der Waals surface area contributed by atoms with Crippen molar-refractivity contribution < 1.29 is 0 Å². The van der Waals surface area contributed by atoms with Gasteiger partial charge in [-0.1, -0.05) is 119 Å². The number of allylic oxidation sites excluding steroid dienone is 2. The Kier molecular flexibility index (Phi) is 10.7. The summed E-state index contributed by atoms with van der Waals surface area (Å²) < 4.78 is 5.12. The van der Waals surface area contributed by atoms with E-state index in [1.165, 1.54) is 105 Å². The normalized spacial score (nSPS) is 17.0. The third-order valence-electron chi connectivity index (χ3n) is 17.0. The van der Waals surface area contributed by atoms with Crippen LogP contribution < -0.4 is 0 Å². The summed E-state index contributed by atoms with van der Waals surface area (Å²) in [5.74, 6) is 1.20. The predicted octanol–water partition coefficient (Wildman–Crippen LogP) is 18.6. The van der Waals surface area contributed by atoms with Gasteiger partial charge in [-0.05, 0) is 179 Å². The number of hydrogen-bond donors (Lipinski definition) is 0. The van der Waals surface area contributed by atoms with E-state index in [4.69, 9.17) is 9.98 Å². The highest BCUT2D eigenvalue weighted by molar-refractivity contribution is 6.18. The van der Waals surface area contributed by atoms with Crippen LogP contribution in [0.25, 0.3) is 110 Å². The molecule has 0 bridgehead atoms. The molecule has 6 heteroatoms. The molecule has 0 aliphatic heterocycles. The lowest BCUT2D eigenvalue weighted by Gasteiger charge is -2.42. The zero-order chi connectivity index (χ0) is 51.3. The molecule has 0 amide bonds. The van der Waals surface area contributed by atoms with Gasteiger partial charge in [0.25, 0.3) is 0 Å². The Labute approximate surface area is 442 Å². The van der Waals surface area contributed by atoms with E-state index >= 15 is 0 Å². The van der Waals surface area contributed by atoms with Crippen LogP contribution in [0.3, 0.4) is 0 Å². The van der Waals surface area contributed by atoms with Gasteiger partial charge in [-0.2, -0.15) is 0 Å². The molecule has 0 N–H and O–H groups in total. The molecule has 366 valence electrons. The molecule has 2 aliphatic carbocycles. The molecule has 2 aliphatic rings. The largest absolute Gasteiger partial charge is 0.309 e. The molecule has 15 rings (SSSR count). The standard InChI is InChI=1S/C57H46N4.C13H10N2/c1-6-7-28-58-48-26-25-40(42-22-16-29-59-55(42)48)37-24-27-50-45(30-37)47-32-44-34(3)33(2)43-31-46-41-21-14-15-23-49(41)60(38-17-10-8-11-18-38)56(46)51-35(4)36(5)52(54(44)53(43)51)57(47)61(50)39-19-12-9-13-20-39;1-9-8-10-4-2-6-14-12(10)13-11(9)5-3-7-15-13/h6-36H,1-5H3;2-8H,1H3/b7-6-,58-28?;. The van der Waals surface area contributed by atoms with Crippen molar-refractivity contribution in [2.75, 3.05) is 0 Å². The first-order chi connectivity index (χ1) is 37.3. The van der Waals surface area contributed by atoms with Crippen LogP contribution in [0, 0.1) is 6.92 Å². The van der Waals surface area contributed by atoms with Crippen molar-refractivity contribution in [1.82, 2.24) is 24.1 Å². The Morgan fingerprint density at radius 3 is 1.67 bits per heavy atom. The molecule has 0 fully saturated rings. The summed E-state index contributed by atoms with van der Waals surface area (Å²) in [5, 5.41) is 8.74. The number of rotatable bonds is 5. The summed E-state index contributed by atoms with van der Waals surface area (Å²) in [4.78, 5) is 18.4. The molecule has 5 aromatic heterocycles. The fourth-order valence-corrected chi connectivity index (χ4v) is 13.1. The van der Waals surface area contributed by atoms with Gasteiger partial charge in [0.2, 0.25) is 0 Å². The zero-order valence-electron chi connectivity index (χ0n) is 43.6. The van der Waals surface area contributed by atoms with E-state index in [0.717, 1.165) is 38.6 Å². The number of aromatic nitrogens is 5. The molecular weight excluding hydrogens is 925 g/mol. The summed E-state index contributed by atoms with van der Waals surface area (Å²) in [5.41, 5.74) is 23.8. The van der Waals surface area contributed by atoms with E-state index in [1.54, 1.807) is 0 Å². The van der Waals surface area contributed by atoms with Gasteiger partial charge in [-0.15, -0.1) is 0 Å². The van der Waals surface area contributed by atoms with Crippen molar-refractivity contribution in [2.24, 2.45) is 4.99 Å². The molecule has 5 heterocycles. The number of fused-ring (bicyclic) bond motifs is 12. The van der Waals surface area contributed by atoms with Crippen molar-refractivity contribution >= 4 is 88.2 Å². The highest BCUT2D eigenvalue weighted by Gasteiger charge is 2.42. The molecule has 0 spiro atoms. The maximum Gasteiger partial charge on any atom is 0.0967 e. The number of hydrogen-bond acceptors (Lipinski definition) is 4. The second kappa shape index (κ2) is 17.8. The van der Waals surface area contributed by atoms with Gasteiger partial charge in [0.05, 0.1) is 44.3 Å². The molecule has 0 radical (unpaired) electrons. The smallest absolute Gasteiger partial charge is 0.0967 e. The van der Waals surface area contributed by atoms with E-state index in [9.17, 15) is 0 Å². The number of aryl methyl sites for hydroxylation is 1. The van der Waals surface area contributed by atoms with Crippen molar-refractivity contribution in [1.29, 1.82) is 0 Å². The van der Waals surface area contributed by atoms with Gasteiger partial charge in [-0.25, -0.2) is 0 Å². The lowest BCUT2D eigenvalue weighted by molar-refractivity contribution is 0.584. The first kappa shape index (κ1) is 45.6. The van der Waals surface area contributed by atoms with Gasteiger partial charge in [-0.3, -0.25) is 19.9 Å². The van der Waals surface area contributed by atoms with E-state index in [2.05, 4.69) is 205 Å². The minimum atomic E-state index is 0.253. The van der Waals surface area contributed by atoms with Crippen LogP contribution in [0.1, 0.15) is 86.1 Å². The van der Waals surface area contributed by atoms with E-state index in [-0.39, 0.29) is 11.8 Å². The van der Waals surface area contributed by atoms with Crippen molar-refractivity contribution in [3.05, 3.63) is 228 Å². The third-order valence-corrected chi connectivity index (χ3v) is 17.0. The molecule has 0 saturated carbocycles. The van der Waals surface area contributed by atoms with Gasteiger partial charge in [0.1, 0.15) is 0 Å².